The first-order valence-electron chi connectivity index (χ1n) is 4.81. The lowest BCUT2D eigenvalue weighted by molar-refractivity contribution is 0.314. The fraction of sp³-hybridized carbons (Fsp3) is 1.00. The van der Waals surface area contributed by atoms with Crippen LogP contribution in [0.3, 0.4) is 0 Å². The van der Waals surface area contributed by atoms with Crippen LogP contribution < -0.4 is 4.72 Å². The van der Waals surface area contributed by atoms with E-state index in [2.05, 4.69) is 8.91 Å². The predicted octanol–water partition coefficient (Wildman–Crippen LogP) is 1.19. The third-order valence-electron chi connectivity index (χ3n) is 2.19. The molecule has 0 unspecified atom stereocenters. The lowest BCUT2D eigenvalue weighted by atomic mass is 9.96. The van der Waals surface area contributed by atoms with Crippen LogP contribution in [-0.4, -0.2) is 21.1 Å². The fourth-order valence-electron chi connectivity index (χ4n) is 1.61. The van der Waals surface area contributed by atoms with Crippen molar-refractivity contribution in [2.75, 3.05) is 6.61 Å². The van der Waals surface area contributed by atoms with Crippen molar-refractivity contribution in [1.29, 1.82) is 0 Å². The van der Waals surface area contributed by atoms with Crippen molar-refractivity contribution in [2.24, 2.45) is 0 Å². The minimum atomic E-state index is -3.48. The van der Waals surface area contributed by atoms with E-state index in [9.17, 15) is 8.42 Å². The van der Waals surface area contributed by atoms with E-state index < -0.39 is 10.3 Å². The van der Waals surface area contributed by atoms with Gasteiger partial charge in [-0.15, -0.1) is 0 Å². The van der Waals surface area contributed by atoms with Crippen LogP contribution in [0.4, 0.5) is 0 Å². The zero-order valence-corrected chi connectivity index (χ0v) is 8.77. The molecule has 1 N–H and O–H groups in total. The molecule has 0 aromatic heterocycles. The van der Waals surface area contributed by atoms with Crippen LogP contribution in [0, 0.1) is 0 Å². The largest absolute Gasteiger partial charge is 0.336 e. The molecule has 0 aromatic carbocycles. The Morgan fingerprint density at radius 1 is 1.31 bits per heavy atom. The first-order valence-corrected chi connectivity index (χ1v) is 6.21. The molecule has 0 heterocycles. The van der Waals surface area contributed by atoms with Crippen LogP contribution in [0.15, 0.2) is 0 Å². The van der Waals surface area contributed by atoms with E-state index >= 15 is 0 Å². The van der Waals surface area contributed by atoms with Crippen molar-refractivity contribution in [1.82, 2.24) is 4.72 Å². The lowest BCUT2D eigenvalue weighted by Crippen LogP contribution is -2.37. The van der Waals surface area contributed by atoms with Crippen molar-refractivity contribution in [3.05, 3.63) is 0 Å². The molecule has 0 aliphatic heterocycles. The molecule has 0 bridgehead atoms. The summed E-state index contributed by atoms with van der Waals surface area (Å²) in [6, 6.07) is 0.0882. The van der Waals surface area contributed by atoms with Crippen LogP contribution in [-0.2, 0) is 14.5 Å². The van der Waals surface area contributed by atoms with E-state index in [0.717, 1.165) is 25.7 Å². The van der Waals surface area contributed by atoms with Crippen LogP contribution in [0.2, 0.25) is 0 Å². The molecule has 1 fully saturated rings. The van der Waals surface area contributed by atoms with E-state index in [0.29, 0.717) is 0 Å². The molecule has 0 spiro atoms. The Hall–Kier alpha value is -0.130. The standard InChI is InChI=1S/C8H17NO3S/c1-2-12-13(10,11)9-8-6-4-3-5-7-8/h8-9H,2-7H2,1H3. The number of hydrogen-bond donors (Lipinski definition) is 1. The molecule has 1 aliphatic carbocycles. The van der Waals surface area contributed by atoms with Crippen LogP contribution in [0.1, 0.15) is 39.0 Å². The van der Waals surface area contributed by atoms with Gasteiger partial charge < -0.3 is 0 Å². The zero-order chi connectivity index (χ0) is 9.73. The Kier molecular flexibility index (Phi) is 4.15. The summed E-state index contributed by atoms with van der Waals surface area (Å²) in [5, 5.41) is 0. The lowest BCUT2D eigenvalue weighted by Gasteiger charge is -2.21. The van der Waals surface area contributed by atoms with Gasteiger partial charge in [0.05, 0.1) is 6.61 Å². The highest BCUT2D eigenvalue weighted by atomic mass is 32.2. The second-order valence-corrected chi connectivity index (χ2v) is 4.69. The Labute approximate surface area is 79.9 Å². The summed E-state index contributed by atoms with van der Waals surface area (Å²) < 4.78 is 29.5. The summed E-state index contributed by atoms with van der Waals surface area (Å²) in [5.41, 5.74) is 0. The molecule has 1 rings (SSSR count). The van der Waals surface area contributed by atoms with Crippen molar-refractivity contribution in [2.45, 2.75) is 45.1 Å². The van der Waals surface area contributed by atoms with Crippen molar-refractivity contribution in [3.63, 3.8) is 0 Å². The van der Waals surface area contributed by atoms with E-state index in [1.54, 1.807) is 6.92 Å². The summed E-state index contributed by atoms with van der Waals surface area (Å²) in [7, 11) is -3.48. The van der Waals surface area contributed by atoms with Crippen LogP contribution >= 0.6 is 0 Å². The molecule has 0 saturated heterocycles. The summed E-state index contributed by atoms with van der Waals surface area (Å²) in [4.78, 5) is 0. The van der Waals surface area contributed by atoms with Gasteiger partial charge in [0.25, 0.3) is 0 Å². The second kappa shape index (κ2) is 4.93. The summed E-state index contributed by atoms with van der Waals surface area (Å²) in [6.07, 6.45) is 5.31. The van der Waals surface area contributed by atoms with Gasteiger partial charge in [-0.25, -0.2) is 0 Å². The quantitative estimate of drug-likeness (QED) is 0.753. The predicted molar refractivity (Wildman–Crippen MR) is 50.6 cm³/mol. The van der Waals surface area contributed by atoms with Gasteiger partial charge in [0, 0.05) is 6.04 Å². The molecule has 4 nitrogen and oxygen atoms in total. The van der Waals surface area contributed by atoms with Crippen molar-refractivity contribution < 1.29 is 12.6 Å². The average molecular weight is 207 g/mol. The third kappa shape index (κ3) is 4.06. The maximum atomic E-state index is 11.2. The van der Waals surface area contributed by atoms with E-state index in [1.807, 2.05) is 0 Å². The van der Waals surface area contributed by atoms with Crippen molar-refractivity contribution >= 4 is 10.3 Å². The van der Waals surface area contributed by atoms with Gasteiger partial charge in [-0.2, -0.15) is 13.1 Å². The van der Waals surface area contributed by atoms with Gasteiger partial charge in [0.15, 0.2) is 0 Å². The molecule has 5 heteroatoms. The maximum Gasteiger partial charge on any atom is 0.336 e. The highest BCUT2D eigenvalue weighted by Gasteiger charge is 2.19. The topological polar surface area (TPSA) is 55.4 Å². The Morgan fingerprint density at radius 2 is 1.92 bits per heavy atom. The number of nitrogens with one attached hydrogen (secondary N) is 1. The SMILES string of the molecule is CCOS(=O)(=O)NC1CCCCC1. The van der Waals surface area contributed by atoms with Crippen LogP contribution in [0.25, 0.3) is 0 Å². The van der Waals surface area contributed by atoms with Crippen LogP contribution in [0.5, 0.6) is 0 Å². The molecular formula is C8H17NO3S. The molecule has 0 aromatic rings. The minimum absolute atomic E-state index is 0.0882. The Bertz CT molecular complexity index is 232. The highest BCUT2D eigenvalue weighted by molar-refractivity contribution is 7.84. The second-order valence-electron chi connectivity index (χ2n) is 3.31. The highest BCUT2D eigenvalue weighted by Crippen LogP contribution is 2.18. The first kappa shape index (κ1) is 10.9. The van der Waals surface area contributed by atoms with E-state index in [4.69, 9.17) is 0 Å². The molecular weight excluding hydrogens is 190 g/mol. The van der Waals surface area contributed by atoms with Gasteiger partial charge in [-0.1, -0.05) is 19.3 Å². The summed E-state index contributed by atoms with van der Waals surface area (Å²) >= 11 is 0. The monoisotopic (exact) mass is 207 g/mol. The van der Waals surface area contributed by atoms with Gasteiger partial charge in [-0.3, -0.25) is 4.18 Å². The summed E-state index contributed by atoms with van der Waals surface area (Å²) in [5.74, 6) is 0. The smallest absolute Gasteiger partial charge is 0.258 e. The Balaban J connectivity index is 2.37. The van der Waals surface area contributed by atoms with Crippen molar-refractivity contribution in [3.8, 4) is 0 Å². The maximum absolute atomic E-state index is 11.2. The molecule has 78 valence electrons. The molecule has 0 radical (unpaired) electrons. The summed E-state index contributed by atoms with van der Waals surface area (Å²) in [6.45, 7) is 1.86. The van der Waals surface area contributed by atoms with Gasteiger partial charge in [0.2, 0.25) is 0 Å². The fourth-order valence-corrected chi connectivity index (χ4v) is 2.64. The molecule has 0 atom stereocenters. The Morgan fingerprint density at radius 3 is 2.46 bits per heavy atom. The number of hydrogen-bond acceptors (Lipinski definition) is 3. The van der Waals surface area contributed by atoms with Gasteiger partial charge in [0.1, 0.15) is 0 Å². The molecule has 13 heavy (non-hydrogen) atoms. The molecule has 0 amide bonds. The van der Waals surface area contributed by atoms with E-state index in [1.165, 1.54) is 6.42 Å². The molecule has 1 saturated carbocycles. The minimum Gasteiger partial charge on any atom is -0.258 e. The number of rotatable bonds is 4. The normalized spacial score (nSPS) is 20.4. The third-order valence-corrected chi connectivity index (χ3v) is 3.36. The first-order chi connectivity index (χ1) is 6.14. The van der Waals surface area contributed by atoms with Gasteiger partial charge in [-0.05, 0) is 19.8 Å². The molecule has 1 aliphatic rings. The van der Waals surface area contributed by atoms with Gasteiger partial charge >= 0.3 is 10.3 Å². The average Bonchev–Trinajstić information content (AvgIpc) is 2.04. The van der Waals surface area contributed by atoms with E-state index in [-0.39, 0.29) is 12.6 Å². The zero-order valence-electron chi connectivity index (χ0n) is 7.95.